The fraction of sp³-hybridized carbons (Fsp3) is 0.923. The van der Waals surface area contributed by atoms with Gasteiger partial charge in [-0.25, -0.2) is 4.79 Å². The van der Waals surface area contributed by atoms with Gasteiger partial charge in [0, 0.05) is 0 Å². The minimum atomic E-state index is -4.03. The maximum Gasteiger partial charge on any atom is 0.407 e. The largest absolute Gasteiger partial charge is 0.447 e. The third kappa shape index (κ3) is 7.86. The van der Waals surface area contributed by atoms with Crippen molar-refractivity contribution in [2.75, 3.05) is 38.9 Å². The standard InChI is InChI=1S/C13H27NO9S2/c1-5-11(9-24(17,18)21-3)13(6-2,10-25(19,20)22-4)14-12(16)23-8-7-15/h11,15H,5-10H2,1-4H3,(H,14,16). The summed E-state index contributed by atoms with van der Waals surface area (Å²) in [7, 11) is -5.95. The molecule has 25 heavy (non-hydrogen) atoms. The zero-order valence-corrected chi connectivity index (χ0v) is 16.5. The number of ether oxygens (including phenoxy) is 1. The van der Waals surface area contributed by atoms with Gasteiger partial charge in [0.1, 0.15) is 6.61 Å². The number of carbonyl (C=O) groups is 1. The molecule has 1 amide bonds. The summed E-state index contributed by atoms with van der Waals surface area (Å²) >= 11 is 0. The first-order chi connectivity index (χ1) is 11.5. The van der Waals surface area contributed by atoms with E-state index in [2.05, 4.69) is 13.7 Å². The van der Waals surface area contributed by atoms with Crippen molar-refractivity contribution < 1.29 is 39.8 Å². The predicted octanol–water partition coefficient (Wildman–Crippen LogP) is -0.168. The third-order valence-corrected chi connectivity index (χ3v) is 6.62. The van der Waals surface area contributed by atoms with Crippen LogP contribution in [0.15, 0.2) is 0 Å². The van der Waals surface area contributed by atoms with Gasteiger partial charge >= 0.3 is 6.09 Å². The van der Waals surface area contributed by atoms with Crippen molar-refractivity contribution in [2.24, 2.45) is 5.92 Å². The van der Waals surface area contributed by atoms with Crippen molar-refractivity contribution in [3.8, 4) is 0 Å². The second-order valence-corrected chi connectivity index (χ2v) is 8.88. The van der Waals surface area contributed by atoms with E-state index in [0.717, 1.165) is 14.2 Å². The number of nitrogens with one attached hydrogen (secondary N) is 1. The molecule has 0 spiro atoms. The molecule has 0 rings (SSSR count). The molecular weight excluding hydrogens is 378 g/mol. The number of rotatable bonds is 12. The summed E-state index contributed by atoms with van der Waals surface area (Å²) in [5.74, 6) is -1.92. The van der Waals surface area contributed by atoms with Gasteiger partial charge in [0.05, 0.1) is 37.9 Å². The maximum absolute atomic E-state index is 12.0. The summed E-state index contributed by atoms with van der Waals surface area (Å²) in [5.41, 5.74) is -1.46. The first-order valence-electron chi connectivity index (χ1n) is 7.63. The number of hydrogen-bond donors (Lipinski definition) is 2. The quantitative estimate of drug-likeness (QED) is 0.423. The lowest BCUT2D eigenvalue weighted by Crippen LogP contribution is -2.59. The molecule has 2 unspecified atom stereocenters. The van der Waals surface area contributed by atoms with Crippen LogP contribution in [0.1, 0.15) is 26.7 Å². The molecule has 0 aliphatic carbocycles. The molecule has 12 heteroatoms. The van der Waals surface area contributed by atoms with E-state index in [0.29, 0.717) is 0 Å². The Morgan fingerprint density at radius 3 is 2.08 bits per heavy atom. The fourth-order valence-corrected chi connectivity index (χ4v) is 4.91. The van der Waals surface area contributed by atoms with Crippen LogP contribution in [0.2, 0.25) is 0 Å². The highest BCUT2D eigenvalue weighted by Crippen LogP contribution is 2.29. The van der Waals surface area contributed by atoms with E-state index in [4.69, 9.17) is 9.84 Å². The first kappa shape index (κ1) is 24.1. The molecule has 0 saturated carbocycles. The van der Waals surface area contributed by atoms with Gasteiger partial charge < -0.3 is 15.2 Å². The Balaban J connectivity index is 5.84. The Kier molecular flexibility index (Phi) is 9.87. The Bertz CT molecular complexity index is 617. The van der Waals surface area contributed by atoms with Gasteiger partial charge in [0.15, 0.2) is 0 Å². The molecule has 0 aromatic heterocycles. The molecule has 10 nitrogen and oxygen atoms in total. The predicted molar refractivity (Wildman–Crippen MR) is 90.0 cm³/mol. The number of alkyl carbamates (subject to hydrolysis) is 1. The van der Waals surface area contributed by atoms with Crippen LogP contribution >= 0.6 is 0 Å². The van der Waals surface area contributed by atoms with Crippen LogP contribution < -0.4 is 5.32 Å². The van der Waals surface area contributed by atoms with Gasteiger partial charge in [-0.05, 0) is 18.8 Å². The van der Waals surface area contributed by atoms with Crippen LogP contribution in [0.3, 0.4) is 0 Å². The maximum atomic E-state index is 12.0. The van der Waals surface area contributed by atoms with Gasteiger partial charge in [-0.15, -0.1) is 0 Å². The van der Waals surface area contributed by atoms with Crippen LogP contribution in [0, 0.1) is 5.92 Å². The number of amides is 1. The number of hydrogen-bond acceptors (Lipinski definition) is 9. The second kappa shape index (κ2) is 10.3. The van der Waals surface area contributed by atoms with Crippen LogP contribution in [-0.4, -0.2) is 72.5 Å². The van der Waals surface area contributed by atoms with Gasteiger partial charge in [0.2, 0.25) is 0 Å². The van der Waals surface area contributed by atoms with E-state index in [1.165, 1.54) is 0 Å². The summed E-state index contributed by atoms with van der Waals surface area (Å²) in [6.07, 6.45) is -0.618. The van der Waals surface area contributed by atoms with Crippen LogP contribution in [0.5, 0.6) is 0 Å². The van der Waals surface area contributed by atoms with E-state index in [1.54, 1.807) is 13.8 Å². The molecule has 0 aromatic rings. The average molecular weight is 405 g/mol. The minimum Gasteiger partial charge on any atom is -0.447 e. The van der Waals surface area contributed by atoms with Gasteiger partial charge in [0.25, 0.3) is 20.2 Å². The van der Waals surface area contributed by atoms with Crippen molar-refractivity contribution in [1.82, 2.24) is 5.32 Å². The van der Waals surface area contributed by atoms with Gasteiger partial charge in [-0.3, -0.25) is 8.37 Å². The average Bonchev–Trinajstić information content (AvgIpc) is 2.57. The summed E-state index contributed by atoms with van der Waals surface area (Å²) in [6.45, 7) is 2.59. The normalized spacial score (nSPS) is 16.0. The van der Waals surface area contributed by atoms with E-state index in [-0.39, 0.29) is 19.4 Å². The zero-order valence-electron chi connectivity index (χ0n) is 14.8. The minimum absolute atomic E-state index is 0.0988. The van der Waals surface area contributed by atoms with E-state index >= 15 is 0 Å². The molecule has 2 N–H and O–H groups in total. The molecule has 0 fully saturated rings. The molecule has 0 bridgehead atoms. The monoisotopic (exact) mass is 405 g/mol. The lowest BCUT2D eigenvalue weighted by molar-refractivity contribution is 0.102. The zero-order chi connectivity index (χ0) is 19.7. The van der Waals surface area contributed by atoms with Crippen LogP contribution in [0.25, 0.3) is 0 Å². The van der Waals surface area contributed by atoms with Crippen LogP contribution in [0.4, 0.5) is 4.79 Å². The highest BCUT2D eigenvalue weighted by atomic mass is 32.2. The Morgan fingerprint density at radius 2 is 1.68 bits per heavy atom. The lowest BCUT2D eigenvalue weighted by Gasteiger charge is -2.39. The molecule has 0 aliphatic heterocycles. The highest BCUT2D eigenvalue weighted by Gasteiger charge is 2.44. The molecule has 0 heterocycles. The van der Waals surface area contributed by atoms with Crippen molar-refractivity contribution in [2.45, 2.75) is 32.2 Å². The summed E-state index contributed by atoms with van der Waals surface area (Å²) < 4.78 is 61.3. The summed E-state index contributed by atoms with van der Waals surface area (Å²) in [5, 5.41) is 11.2. The van der Waals surface area contributed by atoms with E-state index in [1.807, 2.05) is 0 Å². The Hall–Kier alpha value is -0.950. The molecule has 0 saturated heterocycles. The number of carbonyl (C=O) groups excluding carboxylic acids is 1. The lowest BCUT2D eigenvalue weighted by atomic mass is 9.82. The number of aliphatic hydroxyl groups excluding tert-OH is 1. The molecule has 0 aromatic carbocycles. The van der Waals surface area contributed by atoms with Crippen LogP contribution in [-0.2, 0) is 33.3 Å². The summed E-state index contributed by atoms with van der Waals surface area (Å²) in [4.78, 5) is 11.9. The molecular formula is C13H27NO9S2. The van der Waals surface area contributed by atoms with E-state index in [9.17, 15) is 21.6 Å². The first-order valence-corrected chi connectivity index (χ1v) is 10.8. The van der Waals surface area contributed by atoms with Crippen molar-refractivity contribution in [3.05, 3.63) is 0 Å². The van der Waals surface area contributed by atoms with Crippen molar-refractivity contribution >= 4 is 26.3 Å². The van der Waals surface area contributed by atoms with Gasteiger partial charge in [-0.1, -0.05) is 13.8 Å². The van der Waals surface area contributed by atoms with E-state index < -0.39 is 55.9 Å². The smallest absolute Gasteiger partial charge is 0.407 e. The summed E-state index contributed by atoms with van der Waals surface area (Å²) in [6, 6.07) is 0. The molecule has 150 valence electrons. The Morgan fingerprint density at radius 1 is 1.12 bits per heavy atom. The molecule has 0 aliphatic rings. The number of aliphatic hydroxyl groups is 1. The second-order valence-electron chi connectivity index (χ2n) is 5.36. The van der Waals surface area contributed by atoms with Crippen molar-refractivity contribution in [3.63, 3.8) is 0 Å². The molecule has 2 atom stereocenters. The topological polar surface area (TPSA) is 145 Å². The molecule has 0 radical (unpaired) electrons. The van der Waals surface area contributed by atoms with Crippen molar-refractivity contribution in [1.29, 1.82) is 0 Å². The Labute approximate surface area is 149 Å². The van der Waals surface area contributed by atoms with Gasteiger partial charge in [-0.2, -0.15) is 16.8 Å². The SMILES string of the molecule is CCC(CS(=O)(=O)OC)C(CC)(CS(=O)(=O)OC)NC(=O)OCCO. The fourth-order valence-electron chi connectivity index (χ4n) is 2.47. The third-order valence-electron chi connectivity index (χ3n) is 3.93. The highest BCUT2D eigenvalue weighted by molar-refractivity contribution is 7.87.